The minimum atomic E-state index is -1.12. The summed E-state index contributed by atoms with van der Waals surface area (Å²) >= 11 is 0. The van der Waals surface area contributed by atoms with Crippen LogP contribution in [0.2, 0.25) is 0 Å². The van der Waals surface area contributed by atoms with Crippen LogP contribution >= 0.6 is 0 Å². The van der Waals surface area contributed by atoms with Crippen LogP contribution in [0.3, 0.4) is 0 Å². The second-order valence-electron chi connectivity index (χ2n) is 2.88. The average molecular weight is 197 g/mol. The molecule has 1 amide bonds. The predicted octanol–water partition coefficient (Wildman–Crippen LogP) is 0.908. The number of aliphatic carboxylic acids is 1. The van der Waals surface area contributed by atoms with Crippen LogP contribution in [0.15, 0.2) is 25.3 Å². The number of carboxylic acid groups (broad SMARTS) is 1. The summed E-state index contributed by atoms with van der Waals surface area (Å²) in [6, 6.07) is 0. The first-order chi connectivity index (χ1) is 6.54. The first kappa shape index (κ1) is 12.4. The van der Waals surface area contributed by atoms with E-state index < -0.39 is 17.8 Å². The third-order valence-electron chi connectivity index (χ3n) is 1.75. The van der Waals surface area contributed by atoms with Crippen LogP contribution in [0.1, 0.15) is 6.92 Å². The molecule has 0 fully saturated rings. The highest BCUT2D eigenvalue weighted by Crippen LogP contribution is 2.03. The van der Waals surface area contributed by atoms with E-state index in [2.05, 4.69) is 13.2 Å². The number of hydrogen-bond acceptors (Lipinski definition) is 2. The van der Waals surface area contributed by atoms with Gasteiger partial charge in [-0.2, -0.15) is 0 Å². The lowest BCUT2D eigenvalue weighted by molar-refractivity contribution is -0.149. The number of carbonyl (C=O) groups is 2. The Morgan fingerprint density at radius 2 is 1.79 bits per heavy atom. The maximum absolute atomic E-state index is 11.5. The van der Waals surface area contributed by atoms with Crippen LogP contribution < -0.4 is 0 Å². The van der Waals surface area contributed by atoms with Gasteiger partial charge in [0, 0.05) is 13.1 Å². The molecule has 78 valence electrons. The van der Waals surface area contributed by atoms with Gasteiger partial charge in [0.1, 0.15) is 5.92 Å². The van der Waals surface area contributed by atoms with Gasteiger partial charge in [0.15, 0.2) is 0 Å². The standard InChI is InChI=1S/C10H15NO3/c1-4-6-11(7-5-2)9(12)8(3)10(13)14/h4-5,8H,1-2,6-7H2,3H3,(H,13,14). The van der Waals surface area contributed by atoms with E-state index in [0.29, 0.717) is 13.1 Å². The van der Waals surface area contributed by atoms with Crippen molar-refractivity contribution < 1.29 is 14.7 Å². The fourth-order valence-corrected chi connectivity index (χ4v) is 0.946. The Labute approximate surface area is 83.5 Å². The van der Waals surface area contributed by atoms with Gasteiger partial charge in [0.2, 0.25) is 5.91 Å². The predicted molar refractivity (Wildman–Crippen MR) is 53.8 cm³/mol. The van der Waals surface area contributed by atoms with E-state index in [4.69, 9.17) is 5.11 Å². The molecule has 0 aromatic rings. The Kier molecular flexibility index (Phi) is 5.29. The Balaban J connectivity index is 4.48. The summed E-state index contributed by atoms with van der Waals surface area (Å²) in [4.78, 5) is 23.5. The molecular weight excluding hydrogens is 182 g/mol. The van der Waals surface area contributed by atoms with Crippen LogP contribution in [0, 0.1) is 5.92 Å². The highest BCUT2D eigenvalue weighted by molar-refractivity contribution is 5.96. The van der Waals surface area contributed by atoms with Crippen molar-refractivity contribution in [1.29, 1.82) is 0 Å². The van der Waals surface area contributed by atoms with Gasteiger partial charge in [-0.15, -0.1) is 13.2 Å². The minimum absolute atomic E-state index is 0.336. The molecule has 0 aliphatic carbocycles. The molecule has 0 spiro atoms. The van der Waals surface area contributed by atoms with E-state index in [9.17, 15) is 9.59 Å². The van der Waals surface area contributed by atoms with E-state index in [0.717, 1.165) is 0 Å². The van der Waals surface area contributed by atoms with Crippen molar-refractivity contribution in [2.75, 3.05) is 13.1 Å². The van der Waals surface area contributed by atoms with Gasteiger partial charge in [0.05, 0.1) is 0 Å². The van der Waals surface area contributed by atoms with E-state index in [1.54, 1.807) is 12.2 Å². The molecule has 0 aliphatic rings. The molecule has 0 aliphatic heterocycles. The van der Waals surface area contributed by atoms with E-state index >= 15 is 0 Å². The van der Waals surface area contributed by atoms with Crippen molar-refractivity contribution >= 4 is 11.9 Å². The SMILES string of the molecule is C=CCN(CC=C)C(=O)C(C)C(=O)O. The quantitative estimate of drug-likeness (QED) is 0.508. The molecule has 0 heterocycles. The van der Waals surface area contributed by atoms with Gasteiger partial charge in [-0.25, -0.2) is 0 Å². The maximum atomic E-state index is 11.5. The Morgan fingerprint density at radius 3 is 2.07 bits per heavy atom. The van der Waals surface area contributed by atoms with Crippen LogP contribution in [0.5, 0.6) is 0 Å². The molecule has 0 radical (unpaired) electrons. The van der Waals surface area contributed by atoms with Crippen molar-refractivity contribution in [3.8, 4) is 0 Å². The molecule has 1 N–H and O–H groups in total. The molecule has 1 unspecified atom stereocenters. The van der Waals surface area contributed by atoms with Gasteiger partial charge >= 0.3 is 5.97 Å². The van der Waals surface area contributed by atoms with Crippen LogP contribution in [0.4, 0.5) is 0 Å². The molecule has 14 heavy (non-hydrogen) atoms. The zero-order chi connectivity index (χ0) is 11.1. The smallest absolute Gasteiger partial charge is 0.315 e. The monoisotopic (exact) mass is 197 g/mol. The number of nitrogens with zero attached hydrogens (tertiary/aromatic N) is 1. The molecule has 1 atom stereocenters. The number of carbonyl (C=O) groups excluding carboxylic acids is 1. The summed E-state index contributed by atoms with van der Waals surface area (Å²) in [5.74, 6) is -2.56. The first-order valence-corrected chi connectivity index (χ1v) is 4.28. The van der Waals surface area contributed by atoms with E-state index in [1.807, 2.05) is 0 Å². The zero-order valence-corrected chi connectivity index (χ0v) is 8.27. The normalized spacial score (nSPS) is 11.5. The largest absolute Gasteiger partial charge is 0.481 e. The summed E-state index contributed by atoms with van der Waals surface area (Å²) in [6.07, 6.45) is 3.10. The van der Waals surface area contributed by atoms with Crippen molar-refractivity contribution in [1.82, 2.24) is 4.90 Å². The average Bonchev–Trinajstić information content (AvgIpc) is 2.15. The molecule has 0 saturated carbocycles. The van der Waals surface area contributed by atoms with Crippen molar-refractivity contribution in [3.05, 3.63) is 25.3 Å². The fourth-order valence-electron chi connectivity index (χ4n) is 0.946. The summed E-state index contributed by atoms with van der Waals surface area (Å²) in [6.45, 7) is 9.02. The third kappa shape index (κ3) is 3.43. The van der Waals surface area contributed by atoms with Gasteiger partial charge in [-0.1, -0.05) is 12.2 Å². The second-order valence-corrected chi connectivity index (χ2v) is 2.88. The lowest BCUT2D eigenvalue weighted by Crippen LogP contribution is -2.38. The molecule has 4 nitrogen and oxygen atoms in total. The molecule has 0 aromatic heterocycles. The first-order valence-electron chi connectivity index (χ1n) is 4.28. The highest BCUT2D eigenvalue weighted by Gasteiger charge is 2.24. The van der Waals surface area contributed by atoms with Crippen molar-refractivity contribution in [2.45, 2.75) is 6.92 Å². The highest BCUT2D eigenvalue weighted by atomic mass is 16.4. The summed E-state index contributed by atoms with van der Waals surface area (Å²) in [5, 5.41) is 8.64. The van der Waals surface area contributed by atoms with Crippen LogP contribution in [0.25, 0.3) is 0 Å². The van der Waals surface area contributed by atoms with E-state index in [-0.39, 0.29) is 0 Å². The molecular formula is C10H15NO3. The Hall–Kier alpha value is -1.58. The Bertz CT molecular complexity index is 238. The molecule has 4 heteroatoms. The van der Waals surface area contributed by atoms with Gasteiger partial charge < -0.3 is 10.0 Å². The fraction of sp³-hybridized carbons (Fsp3) is 0.400. The molecule has 0 saturated heterocycles. The molecule has 0 bridgehead atoms. The van der Waals surface area contributed by atoms with Gasteiger partial charge in [0.25, 0.3) is 0 Å². The van der Waals surface area contributed by atoms with Gasteiger partial charge in [-0.3, -0.25) is 9.59 Å². The minimum Gasteiger partial charge on any atom is -0.481 e. The van der Waals surface area contributed by atoms with Crippen LogP contribution in [-0.4, -0.2) is 35.0 Å². The number of hydrogen-bond donors (Lipinski definition) is 1. The van der Waals surface area contributed by atoms with Crippen molar-refractivity contribution in [3.63, 3.8) is 0 Å². The molecule has 0 rings (SSSR count). The number of amides is 1. The number of carboxylic acids is 1. The molecule has 0 aromatic carbocycles. The summed E-state index contributed by atoms with van der Waals surface area (Å²) in [5.41, 5.74) is 0. The summed E-state index contributed by atoms with van der Waals surface area (Å²) < 4.78 is 0. The third-order valence-corrected chi connectivity index (χ3v) is 1.75. The lowest BCUT2D eigenvalue weighted by atomic mass is 10.1. The summed E-state index contributed by atoms with van der Waals surface area (Å²) in [7, 11) is 0. The van der Waals surface area contributed by atoms with Crippen molar-refractivity contribution in [2.24, 2.45) is 5.92 Å². The lowest BCUT2D eigenvalue weighted by Gasteiger charge is -2.21. The second kappa shape index (κ2) is 5.96. The van der Waals surface area contributed by atoms with Crippen LogP contribution in [-0.2, 0) is 9.59 Å². The Morgan fingerprint density at radius 1 is 1.36 bits per heavy atom. The van der Waals surface area contributed by atoms with E-state index in [1.165, 1.54) is 11.8 Å². The maximum Gasteiger partial charge on any atom is 0.315 e. The zero-order valence-electron chi connectivity index (χ0n) is 8.27. The van der Waals surface area contributed by atoms with Gasteiger partial charge in [-0.05, 0) is 6.92 Å². The topological polar surface area (TPSA) is 57.6 Å². The number of rotatable bonds is 6.